The standard InChI is InChI=1S/C28H33N/c1-4-12-24(13-5-1)14-10-11-21-29-22-19-27(20-23-29)28(25-15-6-2-7-16-25)26-17-8-3-9-18-26/h1-4,6-9,12,15-18H,5,10-11,13-14,19-23H2. The summed E-state index contributed by atoms with van der Waals surface area (Å²) < 4.78 is 0. The van der Waals surface area contributed by atoms with Crippen LogP contribution < -0.4 is 0 Å². The van der Waals surface area contributed by atoms with Crippen LogP contribution in [0.5, 0.6) is 0 Å². The highest BCUT2D eigenvalue weighted by Gasteiger charge is 2.18. The van der Waals surface area contributed by atoms with Gasteiger partial charge in [0.25, 0.3) is 0 Å². The Hall–Kier alpha value is -2.38. The second-order valence-electron chi connectivity index (χ2n) is 8.30. The molecule has 0 aromatic heterocycles. The molecule has 0 unspecified atom stereocenters. The maximum absolute atomic E-state index is 2.67. The average Bonchev–Trinajstić information content (AvgIpc) is 2.80. The van der Waals surface area contributed by atoms with Crippen LogP contribution in [0.1, 0.15) is 56.1 Å². The monoisotopic (exact) mass is 383 g/mol. The molecule has 2 aliphatic rings. The Bertz CT molecular complexity index is 806. The van der Waals surface area contributed by atoms with Crippen LogP contribution in [0.25, 0.3) is 5.57 Å². The molecule has 0 radical (unpaired) electrons. The minimum atomic E-state index is 1.19. The van der Waals surface area contributed by atoms with E-state index in [4.69, 9.17) is 0 Å². The third kappa shape index (κ3) is 5.58. The first kappa shape index (κ1) is 19.9. The maximum atomic E-state index is 2.67. The van der Waals surface area contributed by atoms with Crippen molar-refractivity contribution < 1.29 is 0 Å². The van der Waals surface area contributed by atoms with Gasteiger partial charge in [-0.25, -0.2) is 0 Å². The number of likely N-dealkylation sites (tertiary alicyclic amines) is 1. The Labute approximate surface area is 176 Å². The molecular formula is C28H33N. The van der Waals surface area contributed by atoms with Crippen molar-refractivity contribution in [2.45, 2.75) is 44.9 Å². The molecule has 2 aromatic rings. The molecule has 1 fully saturated rings. The molecule has 0 saturated carbocycles. The third-order valence-corrected chi connectivity index (χ3v) is 6.26. The van der Waals surface area contributed by atoms with Crippen molar-refractivity contribution in [3.8, 4) is 0 Å². The SMILES string of the molecule is C1=CCCC(CCCCN2CCC(=C(c3ccccc3)c3ccccc3)CC2)=C1. The van der Waals surface area contributed by atoms with E-state index in [2.05, 4.69) is 83.8 Å². The summed E-state index contributed by atoms with van der Waals surface area (Å²) in [6.07, 6.45) is 15.7. The quantitative estimate of drug-likeness (QED) is 0.464. The van der Waals surface area contributed by atoms with E-state index in [0.29, 0.717) is 0 Å². The Morgan fingerprint density at radius 2 is 1.41 bits per heavy atom. The first-order valence-corrected chi connectivity index (χ1v) is 11.3. The summed E-state index contributed by atoms with van der Waals surface area (Å²) in [5.74, 6) is 0. The van der Waals surface area contributed by atoms with Gasteiger partial charge in [0.1, 0.15) is 0 Å². The van der Waals surface area contributed by atoms with Crippen LogP contribution in [0.3, 0.4) is 0 Å². The van der Waals surface area contributed by atoms with Crippen molar-refractivity contribution in [2.24, 2.45) is 0 Å². The van der Waals surface area contributed by atoms with Gasteiger partial charge >= 0.3 is 0 Å². The topological polar surface area (TPSA) is 3.24 Å². The van der Waals surface area contributed by atoms with Crippen LogP contribution in [0.15, 0.2) is 90.0 Å². The molecule has 4 rings (SSSR count). The lowest BCUT2D eigenvalue weighted by Gasteiger charge is -2.30. The van der Waals surface area contributed by atoms with Gasteiger partial charge in [0, 0.05) is 13.1 Å². The predicted octanol–water partition coefficient (Wildman–Crippen LogP) is 7.03. The van der Waals surface area contributed by atoms with Crippen molar-refractivity contribution in [1.29, 1.82) is 0 Å². The highest BCUT2D eigenvalue weighted by Crippen LogP contribution is 2.32. The van der Waals surface area contributed by atoms with Gasteiger partial charge in [0.2, 0.25) is 0 Å². The summed E-state index contributed by atoms with van der Waals surface area (Å²) >= 11 is 0. The lowest BCUT2D eigenvalue weighted by Crippen LogP contribution is -2.32. The first-order valence-electron chi connectivity index (χ1n) is 11.3. The third-order valence-electron chi connectivity index (χ3n) is 6.26. The van der Waals surface area contributed by atoms with E-state index in [9.17, 15) is 0 Å². The summed E-state index contributed by atoms with van der Waals surface area (Å²) in [7, 11) is 0. The van der Waals surface area contributed by atoms with E-state index < -0.39 is 0 Å². The van der Waals surface area contributed by atoms with Crippen molar-refractivity contribution in [3.05, 3.63) is 101 Å². The van der Waals surface area contributed by atoms with E-state index in [0.717, 1.165) is 0 Å². The molecule has 1 heteroatoms. The highest BCUT2D eigenvalue weighted by atomic mass is 15.1. The summed E-state index contributed by atoms with van der Waals surface area (Å²) in [6.45, 7) is 3.65. The number of nitrogens with zero attached hydrogens (tertiary/aromatic N) is 1. The van der Waals surface area contributed by atoms with Gasteiger partial charge in [-0.2, -0.15) is 0 Å². The summed E-state index contributed by atoms with van der Waals surface area (Å²) in [6, 6.07) is 21.9. The molecule has 1 aliphatic heterocycles. The Balaban J connectivity index is 1.35. The van der Waals surface area contributed by atoms with Gasteiger partial charge < -0.3 is 4.90 Å². The van der Waals surface area contributed by atoms with Crippen LogP contribution in [0.4, 0.5) is 0 Å². The second kappa shape index (κ2) is 10.4. The highest BCUT2D eigenvalue weighted by molar-refractivity contribution is 5.82. The summed E-state index contributed by atoms with van der Waals surface area (Å²) in [5, 5.41) is 0. The van der Waals surface area contributed by atoms with Gasteiger partial charge in [-0.15, -0.1) is 0 Å². The Morgan fingerprint density at radius 3 is 2.00 bits per heavy atom. The van der Waals surface area contributed by atoms with Crippen molar-refractivity contribution >= 4 is 5.57 Å². The number of benzene rings is 2. The van der Waals surface area contributed by atoms with E-state index in [1.807, 2.05) is 0 Å². The molecular weight excluding hydrogens is 350 g/mol. The number of allylic oxidation sites excluding steroid dienone is 4. The lowest BCUT2D eigenvalue weighted by molar-refractivity contribution is 0.252. The average molecular weight is 384 g/mol. The number of piperidine rings is 1. The smallest absolute Gasteiger partial charge is 0.00190 e. The van der Waals surface area contributed by atoms with Crippen LogP contribution in [0, 0.1) is 0 Å². The van der Waals surface area contributed by atoms with E-state index >= 15 is 0 Å². The zero-order valence-electron chi connectivity index (χ0n) is 17.5. The van der Waals surface area contributed by atoms with E-state index in [1.165, 1.54) is 81.3 Å². The van der Waals surface area contributed by atoms with Gasteiger partial charge in [-0.3, -0.25) is 0 Å². The lowest BCUT2D eigenvalue weighted by atomic mass is 9.88. The van der Waals surface area contributed by atoms with Crippen LogP contribution in [-0.4, -0.2) is 24.5 Å². The fourth-order valence-electron chi connectivity index (χ4n) is 4.63. The molecule has 150 valence electrons. The second-order valence-corrected chi connectivity index (χ2v) is 8.30. The fourth-order valence-corrected chi connectivity index (χ4v) is 4.63. The number of hydrogen-bond donors (Lipinski definition) is 0. The molecule has 0 spiro atoms. The summed E-state index contributed by atoms with van der Waals surface area (Å²) in [4.78, 5) is 2.67. The van der Waals surface area contributed by atoms with Crippen molar-refractivity contribution in [2.75, 3.05) is 19.6 Å². The van der Waals surface area contributed by atoms with Gasteiger partial charge in [0.15, 0.2) is 0 Å². The Morgan fingerprint density at radius 1 is 0.759 bits per heavy atom. The van der Waals surface area contributed by atoms with E-state index in [1.54, 1.807) is 11.1 Å². The molecule has 0 N–H and O–H groups in total. The molecule has 1 nitrogen and oxygen atoms in total. The predicted molar refractivity (Wildman–Crippen MR) is 125 cm³/mol. The number of unbranched alkanes of at least 4 members (excludes halogenated alkanes) is 1. The van der Waals surface area contributed by atoms with Gasteiger partial charge in [0.05, 0.1) is 0 Å². The number of hydrogen-bond acceptors (Lipinski definition) is 1. The molecule has 0 amide bonds. The van der Waals surface area contributed by atoms with E-state index in [-0.39, 0.29) is 0 Å². The maximum Gasteiger partial charge on any atom is 0.00190 e. The minimum absolute atomic E-state index is 1.19. The molecule has 0 bridgehead atoms. The molecule has 0 atom stereocenters. The normalized spacial score (nSPS) is 17.2. The fraction of sp³-hybridized carbons (Fsp3) is 0.357. The van der Waals surface area contributed by atoms with Crippen LogP contribution in [-0.2, 0) is 0 Å². The van der Waals surface area contributed by atoms with Crippen LogP contribution in [0.2, 0.25) is 0 Å². The zero-order chi connectivity index (χ0) is 19.7. The largest absolute Gasteiger partial charge is 0.303 e. The Kier molecular flexibility index (Phi) is 7.15. The zero-order valence-corrected chi connectivity index (χ0v) is 17.5. The molecule has 1 heterocycles. The molecule has 29 heavy (non-hydrogen) atoms. The van der Waals surface area contributed by atoms with Crippen molar-refractivity contribution in [3.63, 3.8) is 0 Å². The molecule has 1 aliphatic carbocycles. The molecule has 1 saturated heterocycles. The van der Waals surface area contributed by atoms with Gasteiger partial charge in [-0.1, -0.05) is 90.0 Å². The number of rotatable bonds is 7. The summed E-state index contributed by atoms with van der Waals surface area (Å²) in [5.41, 5.74) is 7.45. The van der Waals surface area contributed by atoms with Crippen LogP contribution >= 0.6 is 0 Å². The first-order chi connectivity index (χ1) is 14.4. The van der Waals surface area contributed by atoms with Crippen molar-refractivity contribution in [1.82, 2.24) is 4.90 Å². The molecule has 2 aromatic carbocycles. The van der Waals surface area contributed by atoms with Gasteiger partial charge in [-0.05, 0) is 68.2 Å². The minimum Gasteiger partial charge on any atom is -0.303 e.